The molecule has 1 heterocycles. The summed E-state index contributed by atoms with van der Waals surface area (Å²) in [4.78, 5) is 23.1. The smallest absolute Gasteiger partial charge is 0.407 e. The first-order chi connectivity index (χ1) is 9.91. The number of alkyl carbamates (subject to hydrolysis) is 2. The lowest BCUT2D eigenvalue weighted by Gasteiger charge is -2.21. The van der Waals surface area contributed by atoms with Crippen LogP contribution in [0.15, 0.2) is 10.2 Å². The van der Waals surface area contributed by atoms with E-state index >= 15 is 0 Å². The molecule has 1 aliphatic heterocycles. The standard InChI is InChI=1S/C14H26N4O4/c1-12(2,3)21-10(19)15-8-7-14(17-18-14)9-16-11(20)22-13(4,5)6/h7-9H2,1-6H3,(H,15,19)(H,16,20). The fourth-order valence-electron chi connectivity index (χ4n) is 1.54. The SMILES string of the molecule is CC(C)(C)OC(=O)NCCC1(CNC(=O)OC(C)(C)C)N=N1. The lowest BCUT2D eigenvalue weighted by molar-refractivity contribution is 0.0501. The van der Waals surface area contributed by atoms with E-state index in [0.717, 1.165) is 0 Å². The van der Waals surface area contributed by atoms with E-state index in [1.807, 2.05) is 0 Å². The van der Waals surface area contributed by atoms with Crippen molar-refractivity contribution in [3.05, 3.63) is 0 Å². The zero-order valence-electron chi connectivity index (χ0n) is 14.1. The number of hydrogen-bond acceptors (Lipinski definition) is 6. The Kier molecular flexibility index (Phi) is 5.37. The van der Waals surface area contributed by atoms with E-state index in [0.29, 0.717) is 13.0 Å². The average molecular weight is 314 g/mol. The molecule has 0 aromatic heterocycles. The Labute approximate surface area is 131 Å². The first kappa shape index (κ1) is 18.2. The van der Waals surface area contributed by atoms with E-state index in [1.54, 1.807) is 41.5 Å². The van der Waals surface area contributed by atoms with Gasteiger partial charge in [0.2, 0.25) is 5.66 Å². The third-order valence-electron chi connectivity index (χ3n) is 2.49. The summed E-state index contributed by atoms with van der Waals surface area (Å²) < 4.78 is 10.3. The summed E-state index contributed by atoms with van der Waals surface area (Å²) >= 11 is 0. The summed E-state index contributed by atoms with van der Waals surface area (Å²) in [5.74, 6) is 0. The van der Waals surface area contributed by atoms with Crippen LogP contribution in [0, 0.1) is 0 Å². The average Bonchev–Trinajstić information content (AvgIpc) is 3.02. The molecule has 0 bridgehead atoms. The molecule has 1 aliphatic rings. The maximum Gasteiger partial charge on any atom is 0.407 e. The summed E-state index contributed by atoms with van der Waals surface area (Å²) in [7, 11) is 0. The largest absolute Gasteiger partial charge is 0.444 e. The van der Waals surface area contributed by atoms with Gasteiger partial charge < -0.3 is 20.1 Å². The van der Waals surface area contributed by atoms with Gasteiger partial charge in [-0.3, -0.25) is 0 Å². The summed E-state index contributed by atoms with van der Waals surface area (Å²) in [6.07, 6.45) is -0.505. The van der Waals surface area contributed by atoms with Crippen molar-refractivity contribution in [3.63, 3.8) is 0 Å². The van der Waals surface area contributed by atoms with Gasteiger partial charge in [-0.1, -0.05) is 0 Å². The molecule has 22 heavy (non-hydrogen) atoms. The van der Waals surface area contributed by atoms with Crippen LogP contribution >= 0.6 is 0 Å². The van der Waals surface area contributed by atoms with Crippen LogP contribution < -0.4 is 10.6 Å². The Morgan fingerprint density at radius 3 is 1.77 bits per heavy atom. The Morgan fingerprint density at radius 1 is 0.909 bits per heavy atom. The van der Waals surface area contributed by atoms with Gasteiger partial charge in [0.05, 0.1) is 6.54 Å². The Balaban J connectivity index is 2.23. The van der Waals surface area contributed by atoms with Crippen LogP contribution in [0.3, 0.4) is 0 Å². The topological polar surface area (TPSA) is 101 Å². The highest BCUT2D eigenvalue weighted by atomic mass is 16.6. The summed E-state index contributed by atoms with van der Waals surface area (Å²) in [5, 5.41) is 13.1. The highest BCUT2D eigenvalue weighted by Gasteiger charge is 2.40. The number of ether oxygens (including phenoxy) is 2. The number of carbonyl (C=O) groups is 2. The van der Waals surface area contributed by atoms with Gasteiger partial charge in [0.15, 0.2) is 0 Å². The van der Waals surface area contributed by atoms with E-state index in [2.05, 4.69) is 20.9 Å². The third-order valence-corrected chi connectivity index (χ3v) is 2.49. The van der Waals surface area contributed by atoms with Crippen LogP contribution in [0.1, 0.15) is 48.0 Å². The molecule has 0 aromatic carbocycles. The normalized spacial score (nSPS) is 15.9. The van der Waals surface area contributed by atoms with Crippen molar-refractivity contribution in [2.45, 2.75) is 64.8 Å². The van der Waals surface area contributed by atoms with Gasteiger partial charge in [-0.25, -0.2) is 9.59 Å². The zero-order chi connectivity index (χ0) is 17.0. The molecule has 0 aromatic rings. The molecule has 0 fully saturated rings. The van der Waals surface area contributed by atoms with E-state index in [1.165, 1.54) is 0 Å². The van der Waals surface area contributed by atoms with Gasteiger partial charge >= 0.3 is 12.2 Å². The van der Waals surface area contributed by atoms with E-state index in [9.17, 15) is 9.59 Å². The minimum atomic E-state index is -0.661. The van der Waals surface area contributed by atoms with Gasteiger partial charge in [-0.05, 0) is 41.5 Å². The van der Waals surface area contributed by atoms with Gasteiger partial charge in [0.1, 0.15) is 11.2 Å². The summed E-state index contributed by atoms with van der Waals surface area (Å²) in [6, 6.07) is 0. The van der Waals surface area contributed by atoms with Crippen LogP contribution in [0.25, 0.3) is 0 Å². The summed E-state index contributed by atoms with van der Waals surface area (Å²) in [6.45, 7) is 11.4. The molecule has 126 valence electrons. The molecule has 0 saturated heterocycles. The van der Waals surface area contributed by atoms with Gasteiger partial charge in [0.25, 0.3) is 0 Å². The van der Waals surface area contributed by atoms with Crippen LogP contribution in [-0.4, -0.2) is 42.1 Å². The van der Waals surface area contributed by atoms with Crippen molar-refractivity contribution in [3.8, 4) is 0 Å². The van der Waals surface area contributed by atoms with Crippen molar-refractivity contribution < 1.29 is 19.1 Å². The van der Waals surface area contributed by atoms with Gasteiger partial charge in [0, 0.05) is 13.0 Å². The third kappa shape index (κ3) is 7.80. The van der Waals surface area contributed by atoms with Crippen LogP contribution in [0.4, 0.5) is 9.59 Å². The second kappa shape index (κ2) is 6.50. The number of nitrogens with one attached hydrogen (secondary N) is 2. The predicted molar refractivity (Wildman–Crippen MR) is 80.7 cm³/mol. The molecule has 8 nitrogen and oxygen atoms in total. The van der Waals surface area contributed by atoms with E-state index in [4.69, 9.17) is 9.47 Å². The lowest BCUT2D eigenvalue weighted by atomic mass is 10.1. The molecule has 0 radical (unpaired) electrons. The number of carbonyl (C=O) groups excluding carboxylic acids is 2. The van der Waals surface area contributed by atoms with Gasteiger partial charge in [-0.2, -0.15) is 10.2 Å². The fourth-order valence-corrected chi connectivity index (χ4v) is 1.54. The lowest BCUT2D eigenvalue weighted by Crippen LogP contribution is -2.40. The first-order valence-corrected chi connectivity index (χ1v) is 7.29. The molecule has 0 unspecified atom stereocenters. The molecule has 0 saturated carbocycles. The van der Waals surface area contributed by atoms with Crippen molar-refractivity contribution in [1.29, 1.82) is 0 Å². The highest BCUT2D eigenvalue weighted by Crippen LogP contribution is 2.30. The molecule has 0 spiro atoms. The molecule has 2 amide bonds. The van der Waals surface area contributed by atoms with Gasteiger partial charge in [-0.15, -0.1) is 0 Å². The summed E-state index contributed by atoms with van der Waals surface area (Å²) in [5.41, 5.74) is -1.74. The van der Waals surface area contributed by atoms with Crippen LogP contribution in [0.2, 0.25) is 0 Å². The molecule has 0 atom stereocenters. The number of rotatable bonds is 5. The van der Waals surface area contributed by atoms with Crippen molar-refractivity contribution in [1.82, 2.24) is 10.6 Å². The van der Waals surface area contributed by atoms with Crippen molar-refractivity contribution >= 4 is 12.2 Å². The minimum absolute atomic E-state index is 0.248. The van der Waals surface area contributed by atoms with Crippen LogP contribution in [-0.2, 0) is 9.47 Å². The van der Waals surface area contributed by atoms with Crippen molar-refractivity contribution in [2.24, 2.45) is 10.2 Å². The number of hydrogen-bond donors (Lipinski definition) is 2. The molecule has 2 N–H and O–H groups in total. The highest BCUT2D eigenvalue weighted by molar-refractivity contribution is 5.68. The number of nitrogens with zero attached hydrogens (tertiary/aromatic N) is 2. The second-order valence-corrected chi connectivity index (χ2v) is 7.22. The minimum Gasteiger partial charge on any atom is -0.444 e. The molecular formula is C14H26N4O4. The fraction of sp³-hybridized carbons (Fsp3) is 0.857. The predicted octanol–water partition coefficient (Wildman–Crippen LogP) is 2.59. The van der Waals surface area contributed by atoms with E-state index < -0.39 is 29.1 Å². The van der Waals surface area contributed by atoms with Crippen LogP contribution in [0.5, 0.6) is 0 Å². The van der Waals surface area contributed by atoms with E-state index in [-0.39, 0.29) is 6.54 Å². The molecular weight excluding hydrogens is 288 g/mol. The Hall–Kier alpha value is -1.86. The maximum absolute atomic E-state index is 11.6. The molecule has 1 rings (SSSR count). The molecule has 0 aliphatic carbocycles. The monoisotopic (exact) mass is 314 g/mol. The quantitative estimate of drug-likeness (QED) is 0.814. The van der Waals surface area contributed by atoms with Crippen molar-refractivity contribution in [2.75, 3.05) is 13.1 Å². The molecule has 8 heteroatoms. The Bertz CT molecular complexity index is 443. The second-order valence-electron chi connectivity index (χ2n) is 7.22. The Morgan fingerprint density at radius 2 is 1.36 bits per heavy atom. The maximum atomic E-state index is 11.6. The zero-order valence-corrected chi connectivity index (χ0v) is 14.1. The first-order valence-electron chi connectivity index (χ1n) is 7.29. The number of amides is 2.